The lowest BCUT2D eigenvalue weighted by molar-refractivity contribution is 0.772. The molecule has 0 aromatic heterocycles. The summed E-state index contributed by atoms with van der Waals surface area (Å²) in [7, 11) is 0. The Labute approximate surface area is 83.7 Å². The Kier molecular flexibility index (Phi) is 7.40. The van der Waals surface area contributed by atoms with E-state index in [0.717, 1.165) is 19.1 Å². The normalized spacial score (nSPS) is 16.3. The molecule has 0 aromatic rings. The third-order valence-electron chi connectivity index (χ3n) is 1.25. The predicted molar refractivity (Wildman–Crippen MR) is 58.6 cm³/mol. The number of halogens is 2. The summed E-state index contributed by atoms with van der Waals surface area (Å²) in [6.07, 6.45) is 3.03. The first kappa shape index (κ1) is 12.2. The van der Waals surface area contributed by atoms with Crippen LogP contribution in [-0.2, 0) is 11.8 Å². The molecule has 1 unspecified atom stereocenters. The quantitative estimate of drug-likeness (QED) is 0.430. The monoisotopic (exact) mass is 233 g/mol. The van der Waals surface area contributed by atoms with Crippen LogP contribution in [0.1, 0.15) is 19.8 Å². The molecule has 0 saturated carbocycles. The molecule has 0 aromatic carbocycles. The van der Waals surface area contributed by atoms with Crippen molar-refractivity contribution in [3.8, 4) is 0 Å². The summed E-state index contributed by atoms with van der Waals surface area (Å²) in [5.74, 6) is 0.555. The highest BCUT2D eigenvalue weighted by Crippen LogP contribution is 2.46. The molecule has 68 valence electrons. The van der Waals surface area contributed by atoms with Crippen molar-refractivity contribution in [2.45, 2.75) is 19.8 Å². The highest BCUT2D eigenvalue weighted by molar-refractivity contribution is 8.26. The van der Waals surface area contributed by atoms with E-state index in [2.05, 4.69) is 12.0 Å². The van der Waals surface area contributed by atoms with Crippen molar-refractivity contribution in [3.05, 3.63) is 0 Å². The minimum atomic E-state index is -1.80. The maximum Gasteiger partial charge on any atom is 0.0973 e. The van der Waals surface area contributed by atoms with Crippen molar-refractivity contribution in [2.24, 2.45) is 0 Å². The van der Waals surface area contributed by atoms with Gasteiger partial charge in [0.2, 0.25) is 0 Å². The SMILES string of the molecule is CCCCNP(=S)(Cl)CCCl. The van der Waals surface area contributed by atoms with E-state index in [1.165, 1.54) is 6.42 Å². The summed E-state index contributed by atoms with van der Waals surface area (Å²) in [5.41, 5.74) is -1.80. The predicted octanol–water partition coefficient (Wildman–Crippen LogP) is 3.16. The molecule has 0 spiro atoms. The fourth-order valence-electron chi connectivity index (χ4n) is 0.611. The van der Waals surface area contributed by atoms with Gasteiger partial charge in [-0.05, 0) is 6.42 Å². The number of nitrogens with one attached hydrogen (secondary N) is 1. The van der Waals surface area contributed by atoms with Crippen LogP contribution in [0, 0.1) is 0 Å². The van der Waals surface area contributed by atoms with E-state index in [0.29, 0.717) is 5.88 Å². The van der Waals surface area contributed by atoms with Crippen LogP contribution in [0.3, 0.4) is 0 Å². The van der Waals surface area contributed by atoms with Crippen LogP contribution in [0.15, 0.2) is 0 Å². The van der Waals surface area contributed by atoms with E-state index < -0.39 is 5.54 Å². The summed E-state index contributed by atoms with van der Waals surface area (Å²) in [6, 6.07) is 0. The van der Waals surface area contributed by atoms with Gasteiger partial charge in [0.1, 0.15) is 0 Å². The van der Waals surface area contributed by atoms with Crippen LogP contribution in [0.25, 0.3) is 0 Å². The molecule has 0 saturated heterocycles. The smallest absolute Gasteiger partial charge is 0.0973 e. The molecular weight excluding hydrogens is 220 g/mol. The van der Waals surface area contributed by atoms with Gasteiger partial charge in [0.15, 0.2) is 0 Å². The summed E-state index contributed by atoms with van der Waals surface area (Å²) >= 11 is 16.7. The summed E-state index contributed by atoms with van der Waals surface area (Å²) in [5, 5.41) is 3.17. The molecule has 0 bridgehead atoms. The van der Waals surface area contributed by atoms with Crippen LogP contribution < -0.4 is 5.09 Å². The molecule has 0 aliphatic carbocycles. The van der Waals surface area contributed by atoms with Gasteiger partial charge in [-0.25, -0.2) is 0 Å². The van der Waals surface area contributed by atoms with Crippen molar-refractivity contribution < 1.29 is 0 Å². The minimum absolute atomic E-state index is 0.555. The lowest BCUT2D eigenvalue weighted by atomic mass is 10.3. The van der Waals surface area contributed by atoms with Gasteiger partial charge in [0, 0.05) is 18.6 Å². The van der Waals surface area contributed by atoms with Gasteiger partial charge >= 0.3 is 0 Å². The first-order chi connectivity index (χ1) is 5.12. The molecule has 0 rings (SSSR count). The molecular formula is C6H14Cl2NPS. The molecule has 0 aliphatic heterocycles. The Morgan fingerprint density at radius 2 is 2.18 bits per heavy atom. The summed E-state index contributed by atoms with van der Waals surface area (Å²) in [6.45, 7) is 3.06. The zero-order valence-electron chi connectivity index (χ0n) is 6.65. The highest BCUT2D eigenvalue weighted by Gasteiger charge is 2.09. The first-order valence-corrected chi connectivity index (χ1v) is 8.15. The molecule has 0 aliphatic rings. The van der Waals surface area contributed by atoms with E-state index in [9.17, 15) is 0 Å². The van der Waals surface area contributed by atoms with Crippen LogP contribution >= 0.6 is 28.4 Å². The average molecular weight is 234 g/mol. The lowest BCUT2D eigenvalue weighted by Gasteiger charge is -2.13. The second-order valence-electron chi connectivity index (χ2n) is 2.33. The Balaban J connectivity index is 3.47. The second kappa shape index (κ2) is 6.68. The molecule has 0 amide bonds. The number of rotatable bonds is 6. The number of unbranched alkanes of at least 4 members (excludes halogenated alkanes) is 1. The number of hydrogen-bond acceptors (Lipinski definition) is 1. The second-order valence-corrected chi connectivity index (χ2v) is 8.97. The third kappa shape index (κ3) is 7.55. The average Bonchev–Trinajstić information content (AvgIpc) is 1.87. The Hall–Kier alpha value is 1.19. The molecule has 0 fully saturated rings. The Morgan fingerprint density at radius 3 is 2.64 bits per heavy atom. The van der Waals surface area contributed by atoms with E-state index in [1.807, 2.05) is 0 Å². The first-order valence-electron chi connectivity index (χ1n) is 3.72. The molecule has 5 heteroatoms. The van der Waals surface area contributed by atoms with Crippen LogP contribution in [0.5, 0.6) is 0 Å². The molecule has 1 atom stereocenters. The maximum atomic E-state index is 6.00. The zero-order chi connectivity index (χ0) is 8.74. The van der Waals surface area contributed by atoms with Gasteiger partial charge in [-0.3, -0.25) is 5.09 Å². The van der Waals surface area contributed by atoms with Crippen LogP contribution in [0.4, 0.5) is 0 Å². The molecule has 1 N–H and O–H groups in total. The van der Waals surface area contributed by atoms with Gasteiger partial charge in [-0.1, -0.05) is 36.4 Å². The fraction of sp³-hybridized carbons (Fsp3) is 1.00. The van der Waals surface area contributed by atoms with E-state index in [1.54, 1.807) is 0 Å². The van der Waals surface area contributed by atoms with Crippen molar-refractivity contribution in [1.29, 1.82) is 0 Å². The molecule has 11 heavy (non-hydrogen) atoms. The third-order valence-corrected chi connectivity index (χ3v) is 5.00. The highest BCUT2D eigenvalue weighted by atomic mass is 35.7. The van der Waals surface area contributed by atoms with Gasteiger partial charge in [-0.2, -0.15) is 0 Å². The van der Waals surface area contributed by atoms with Gasteiger partial charge < -0.3 is 0 Å². The van der Waals surface area contributed by atoms with Gasteiger partial charge in [0.05, 0.1) is 5.54 Å². The minimum Gasteiger partial charge on any atom is -0.277 e. The van der Waals surface area contributed by atoms with Crippen molar-refractivity contribution >= 4 is 40.2 Å². The molecule has 0 heterocycles. The summed E-state index contributed by atoms with van der Waals surface area (Å²) < 4.78 is 0. The Morgan fingerprint density at radius 1 is 1.55 bits per heavy atom. The van der Waals surface area contributed by atoms with E-state index >= 15 is 0 Å². The van der Waals surface area contributed by atoms with E-state index in [4.69, 9.17) is 34.6 Å². The summed E-state index contributed by atoms with van der Waals surface area (Å²) in [4.78, 5) is 0. The fourth-order valence-corrected chi connectivity index (χ4v) is 3.85. The van der Waals surface area contributed by atoms with Crippen LogP contribution in [0.2, 0.25) is 0 Å². The Bertz CT molecular complexity index is 143. The maximum absolute atomic E-state index is 6.00. The van der Waals surface area contributed by atoms with Crippen molar-refractivity contribution in [1.82, 2.24) is 5.09 Å². The largest absolute Gasteiger partial charge is 0.277 e. The standard InChI is InChI=1S/C6H14Cl2NPS/c1-2-3-5-9-10(8,11)6-4-7/h2-6H2,1H3,(H,9,11). The zero-order valence-corrected chi connectivity index (χ0v) is 9.87. The van der Waals surface area contributed by atoms with Crippen molar-refractivity contribution in [2.75, 3.05) is 18.6 Å². The molecule has 1 nitrogen and oxygen atoms in total. The van der Waals surface area contributed by atoms with Gasteiger partial charge in [-0.15, -0.1) is 11.6 Å². The topological polar surface area (TPSA) is 12.0 Å². The molecule has 0 radical (unpaired) electrons. The number of hydrogen-bond donors (Lipinski definition) is 1. The number of alkyl halides is 1. The van der Waals surface area contributed by atoms with E-state index in [-0.39, 0.29) is 0 Å². The van der Waals surface area contributed by atoms with Crippen LogP contribution in [-0.4, -0.2) is 18.6 Å². The lowest BCUT2D eigenvalue weighted by Crippen LogP contribution is -2.10. The van der Waals surface area contributed by atoms with Gasteiger partial charge in [0.25, 0.3) is 0 Å². The van der Waals surface area contributed by atoms with Crippen molar-refractivity contribution in [3.63, 3.8) is 0 Å².